The van der Waals surface area contributed by atoms with Gasteiger partial charge < -0.3 is 10.1 Å². The highest BCUT2D eigenvalue weighted by Crippen LogP contribution is 2.28. The van der Waals surface area contributed by atoms with Gasteiger partial charge in [0.2, 0.25) is 0 Å². The first-order valence-electron chi connectivity index (χ1n) is 9.34. The second-order valence-electron chi connectivity index (χ2n) is 6.71. The topological polar surface area (TPSA) is 55.4 Å². The highest BCUT2D eigenvalue weighted by Gasteiger charge is 2.15. The monoisotopic (exact) mass is 407 g/mol. The van der Waals surface area contributed by atoms with E-state index in [9.17, 15) is 9.59 Å². The van der Waals surface area contributed by atoms with Crippen molar-refractivity contribution in [1.29, 1.82) is 0 Å². The van der Waals surface area contributed by atoms with E-state index in [4.69, 9.17) is 16.3 Å². The number of nitrogens with one attached hydrogen (secondary N) is 1. The molecule has 1 N–H and O–H groups in total. The van der Waals surface area contributed by atoms with E-state index in [-0.39, 0.29) is 11.8 Å². The van der Waals surface area contributed by atoms with Gasteiger partial charge in [0.25, 0.3) is 0 Å². The van der Waals surface area contributed by atoms with Crippen LogP contribution in [-0.2, 0) is 16.0 Å². The van der Waals surface area contributed by atoms with Crippen molar-refractivity contribution < 1.29 is 14.3 Å². The SMILES string of the molecule is CC(=O)OCCc1ccccc1Nc1ccc(C(=O)c2ccccc2C)c(Cl)c1. The minimum Gasteiger partial charge on any atom is -0.466 e. The largest absolute Gasteiger partial charge is 0.466 e. The van der Waals surface area contributed by atoms with Crippen LogP contribution in [-0.4, -0.2) is 18.4 Å². The maximum Gasteiger partial charge on any atom is 0.302 e. The Labute approximate surface area is 175 Å². The van der Waals surface area contributed by atoms with Gasteiger partial charge in [0.1, 0.15) is 0 Å². The Morgan fingerprint density at radius 3 is 2.41 bits per heavy atom. The zero-order valence-corrected chi connectivity index (χ0v) is 17.1. The third-order valence-corrected chi connectivity index (χ3v) is 4.89. The molecule has 0 atom stereocenters. The van der Waals surface area contributed by atoms with Gasteiger partial charge in [0.15, 0.2) is 5.78 Å². The van der Waals surface area contributed by atoms with Crippen LogP contribution >= 0.6 is 11.6 Å². The molecule has 29 heavy (non-hydrogen) atoms. The van der Waals surface area contributed by atoms with Crippen molar-refractivity contribution in [3.8, 4) is 0 Å². The van der Waals surface area contributed by atoms with Crippen molar-refractivity contribution in [2.75, 3.05) is 11.9 Å². The van der Waals surface area contributed by atoms with Gasteiger partial charge in [-0.15, -0.1) is 0 Å². The number of rotatable bonds is 7. The van der Waals surface area contributed by atoms with Crippen LogP contribution < -0.4 is 5.32 Å². The summed E-state index contributed by atoms with van der Waals surface area (Å²) in [5.41, 5.74) is 4.72. The molecule has 0 radical (unpaired) electrons. The van der Waals surface area contributed by atoms with Gasteiger partial charge in [0, 0.05) is 35.8 Å². The number of para-hydroxylation sites is 1. The van der Waals surface area contributed by atoms with Gasteiger partial charge in [-0.2, -0.15) is 0 Å². The second kappa shape index (κ2) is 9.39. The van der Waals surface area contributed by atoms with E-state index in [2.05, 4.69) is 5.32 Å². The van der Waals surface area contributed by atoms with Crippen molar-refractivity contribution >= 4 is 34.7 Å². The number of carbonyl (C=O) groups excluding carboxylic acids is 2. The lowest BCUT2D eigenvalue weighted by Crippen LogP contribution is -2.06. The average molecular weight is 408 g/mol. The summed E-state index contributed by atoms with van der Waals surface area (Å²) in [6.45, 7) is 3.62. The van der Waals surface area contributed by atoms with Crippen LogP contribution in [0.15, 0.2) is 66.7 Å². The summed E-state index contributed by atoms with van der Waals surface area (Å²) < 4.78 is 5.04. The average Bonchev–Trinajstić information content (AvgIpc) is 2.69. The normalized spacial score (nSPS) is 10.4. The number of halogens is 1. The Kier molecular flexibility index (Phi) is 6.68. The minimum absolute atomic E-state index is 0.0959. The van der Waals surface area contributed by atoms with Crippen LogP contribution in [0.1, 0.15) is 34.0 Å². The molecule has 0 aromatic heterocycles. The van der Waals surface area contributed by atoms with E-state index in [0.29, 0.717) is 29.2 Å². The lowest BCUT2D eigenvalue weighted by atomic mass is 9.99. The predicted octanol–water partition coefficient (Wildman–Crippen LogP) is 5.73. The minimum atomic E-state index is -0.295. The number of anilines is 2. The molecule has 0 unspecified atom stereocenters. The maximum absolute atomic E-state index is 12.8. The fourth-order valence-electron chi connectivity index (χ4n) is 3.07. The highest BCUT2D eigenvalue weighted by atomic mass is 35.5. The summed E-state index contributed by atoms with van der Waals surface area (Å²) in [6, 6.07) is 20.6. The summed E-state index contributed by atoms with van der Waals surface area (Å²) >= 11 is 6.43. The first kappa shape index (κ1) is 20.6. The zero-order valence-electron chi connectivity index (χ0n) is 16.4. The van der Waals surface area contributed by atoms with E-state index >= 15 is 0 Å². The Hall–Kier alpha value is -3.11. The standard InChI is InChI=1S/C24H22ClNO3/c1-16-7-3-5-9-20(16)24(28)21-12-11-19(15-22(21)25)26-23-10-6-4-8-18(23)13-14-29-17(2)27/h3-12,15,26H,13-14H2,1-2H3. The summed E-state index contributed by atoms with van der Waals surface area (Å²) in [6.07, 6.45) is 0.598. The summed E-state index contributed by atoms with van der Waals surface area (Å²) in [5.74, 6) is -0.391. The molecule has 0 aliphatic carbocycles. The molecule has 0 amide bonds. The molecule has 3 aromatic carbocycles. The number of ether oxygens (including phenoxy) is 1. The molecule has 0 bridgehead atoms. The Morgan fingerprint density at radius 2 is 1.69 bits per heavy atom. The van der Waals surface area contributed by atoms with Crippen molar-refractivity contribution in [3.05, 3.63) is 94.0 Å². The summed E-state index contributed by atoms with van der Waals surface area (Å²) in [5, 5.41) is 3.72. The fourth-order valence-corrected chi connectivity index (χ4v) is 3.34. The first-order valence-corrected chi connectivity index (χ1v) is 9.71. The Morgan fingerprint density at radius 1 is 0.966 bits per heavy atom. The lowest BCUT2D eigenvalue weighted by Gasteiger charge is -2.14. The fraction of sp³-hybridized carbons (Fsp3) is 0.167. The third kappa shape index (κ3) is 5.24. The molecule has 0 saturated carbocycles. The van der Waals surface area contributed by atoms with Crippen LogP contribution in [0.4, 0.5) is 11.4 Å². The lowest BCUT2D eigenvalue weighted by molar-refractivity contribution is -0.140. The Balaban J connectivity index is 1.79. The molecular formula is C24H22ClNO3. The quantitative estimate of drug-likeness (QED) is 0.401. The highest BCUT2D eigenvalue weighted by molar-refractivity contribution is 6.35. The number of ketones is 1. The number of esters is 1. The number of carbonyl (C=O) groups is 2. The second-order valence-corrected chi connectivity index (χ2v) is 7.12. The van der Waals surface area contributed by atoms with Crippen molar-refractivity contribution in [1.82, 2.24) is 0 Å². The van der Waals surface area contributed by atoms with Crippen LogP contribution in [0, 0.1) is 6.92 Å². The molecule has 0 saturated heterocycles. The third-order valence-electron chi connectivity index (χ3n) is 4.58. The molecule has 0 heterocycles. The molecule has 0 aliphatic heterocycles. The van der Waals surface area contributed by atoms with Crippen LogP contribution in [0.3, 0.4) is 0 Å². The predicted molar refractivity (Wildman–Crippen MR) is 116 cm³/mol. The molecule has 4 nitrogen and oxygen atoms in total. The van der Waals surface area contributed by atoms with E-state index < -0.39 is 0 Å². The molecule has 0 fully saturated rings. The van der Waals surface area contributed by atoms with Crippen LogP contribution in [0.25, 0.3) is 0 Å². The van der Waals surface area contributed by atoms with Gasteiger partial charge in [-0.3, -0.25) is 9.59 Å². The van der Waals surface area contributed by atoms with Crippen molar-refractivity contribution in [3.63, 3.8) is 0 Å². The maximum atomic E-state index is 12.8. The molecule has 0 spiro atoms. The molecular weight excluding hydrogens is 386 g/mol. The van der Waals surface area contributed by atoms with E-state index in [1.165, 1.54) is 6.92 Å². The van der Waals surface area contributed by atoms with Crippen molar-refractivity contribution in [2.45, 2.75) is 20.3 Å². The Bertz CT molecular complexity index is 1050. The smallest absolute Gasteiger partial charge is 0.302 e. The van der Waals surface area contributed by atoms with E-state index in [0.717, 1.165) is 22.5 Å². The van der Waals surface area contributed by atoms with Gasteiger partial charge >= 0.3 is 5.97 Å². The van der Waals surface area contributed by atoms with Gasteiger partial charge in [0.05, 0.1) is 11.6 Å². The number of hydrogen-bond acceptors (Lipinski definition) is 4. The molecule has 3 rings (SSSR count). The molecule has 148 valence electrons. The van der Waals surface area contributed by atoms with E-state index in [1.807, 2.05) is 55.5 Å². The number of benzene rings is 3. The molecule has 0 aliphatic rings. The molecule has 3 aromatic rings. The van der Waals surface area contributed by atoms with Crippen molar-refractivity contribution in [2.24, 2.45) is 0 Å². The van der Waals surface area contributed by atoms with Gasteiger partial charge in [-0.05, 0) is 42.3 Å². The van der Waals surface area contributed by atoms with E-state index in [1.54, 1.807) is 18.2 Å². The zero-order chi connectivity index (χ0) is 20.8. The first-order chi connectivity index (χ1) is 14.0. The van der Waals surface area contributed by atoms with Gasteiger partial charge in [-0.25, -0.2) is 0 Å². The summed E-state index contributed by atoms with van der Waals surface area (Å²) in [7, 11) is 0. The van der Waals surface area contributed by atoms with Crippen LogP contribution in [0.2, 0.25) is 5.02 Å². The van der Waals surface area contributed by atoms with Crippen LogP contribution in [0.5, 0.6) is 0 Å². The molecule has 5 heteroatoms. The summed E-state index contributed by atoms with van der Waals surface area (Å²) in [4.78, 5) is 23.8. The number of aryl methyl sites for hydroxylation is 1. The number of hydrogen-bond donors (Lipinski definition) is 1. The van der Waals surface area contributed by atoms with Gasteiger partial charge in [-0.1, -0.05) is 54.1 Å².